The van der Waals surface area contributed by atoms with Gasteiger partial charge in [-0.25, -0.2) is 4.79 Å². The van der Waals surface area contributed by atoms with E-state index < -0.39 is 12.1 Å². The number of hydrogen-bond donors (Lipinski definition) is 3. The van der Waals surface area contributed by atoms with Gasteiger partial charge in [0.1, 0.15) is 5.75 Å². The van der Waals surface area contributed by atoms with E-state index in [-0.39, 0.29) is 17.9 Å². The molecule has 0 saturated carbocycles. The van der Waals surface area contributed by atoms with Crippen molar-refractivity contribution in [3.05, 3.63) is 23.8 Å². The Morgan fingerprint density at radius 1 is 1.30 bits per heavy atom. The number of carbonyl (C=O) groups is 2. The molecule has 1 unspecified atom stereocenters. The lowest BCUT2D eigenvalue weighted by Gasteiger charge is -2.15. The molecule has 0 spiro atoms. The van der Waals surface area contributed by atoms with Gasteiger partial charge in [-0.3, -0.25) is 10.1 Å². The number of unbranched alkanes of at least 4 members (excludes halogenated alkanes) is 1. The summed E-state index contributed by atoms with van der Waals surface area (Å²) < 4.78 is 5.19. The Kier molecular flexibility index (Phi) is 7.94. The highest BCUT2D eigenvalue weighted by Gasteiger charge is 2.12. The predicted molar refractivity (Wildman–Crippen MR) is 87.7 cm³/mol. The van der Waals surface area contributed by atoms with Crippen LogP contribution in [0.2, 0.25) is 0 Å². The van der Waals surface area contributed by atoms with Gasteiger partial charge in [-0.05, 0) is 30.0 Å². The summed E-state index contributed by atoms with van der Waals surface area (Å²) >= 11 is 0. The van der Waals surface area contributed by atoms with Crippen LogP contribution < -0.4 is 5.32 Å². The minimum Gasteiger partial charge on any atom is -0.506 e. The zero-order valence-electron chi connectivity index (χ0n) is 13.7. The summed E-state index contributed by atoms with van der Waals surface area (Å²) in [4.78, 5) is 22.5. The lowest BCUT2D eigenvalue weighted by molar-refractivity contribution is -0.136. The second kappa shape index (κ2) is 9.71. The number of benzene rings is 1. The first-order valence-corrected chi connectivity index (χ1v) is 7.93. The first-order chi connectivity index (χ1) is 11.0. The molecule has 0 aliphatic carbocycles. The van der Waals surface area contributed by atoms with Crippen molar-refractivity contribution in [1.82, 2.24) is 0 Å². The number of hydrogen-bond acceptors (Lipinski definition) is 4. The first kappa shape index (κ1) is 18.8. The van der Waals surface area contributed by atoms with Crippen LogP contribution in [0.1, 0.15) is 45.1 Å². The molecular weight excluding hydrogens is 298 g/mol. The summed E-state index contributed by atoms with van der Waals surface area (Å²) in [5, 5.41) is 21.0. The third-order valence-corrected chi connectivity index (χ3v) is 3.65. The minimum atomic E-state index is -0.981. The Bertz CT molecular complexity index is 530. The third-order valence-electron chi connectivity index (χ3n) is 3.65. The number of carboxylic acids is 1. The molecule has 1 atom stereocenters. The fraction of sp³-hybridized carbons (Fsp3) is 0.529. The van der Waals surface area contributed by atoms with E-state index in [0.717, 1.165) is 25.7 Å². The lowest BCUT2D eigenvalue weighted by Crippen LogP contribution is -2.19. The number of carboxylic acid groups (broad SMARTS) is 1. The van der Waals surface area contributed by atoms with Crippen LogP contribution in [0, 0.1) is 5.92 Å². The van der Waals surface area contributed by atoms with E-state index in [2.05, 4.69) is 19.2 Å². The SMILES string of the molecule is CCCCC(CC)COC(=O)Nc1cc(CC(=O)O)ccc1O. The summed E-state index contributed by atoms with van der Waals surface area (Å²) in [5.41, 5.74) is 0.635. The number of ether oxygens (including phenoxy) is 1. The smallest absolute Gasteiger partial charge is 0.411 e. The van der Waals surface area contributed by atoms with Gasteiger partial charge in [0.05, 0.1) is 18.7 Å². The van der Waals surface area contributed by atoms with Gasteiger partial charge in [0.15, 0.2) is 0 Å². The van der Waals surface area contributed by atoms with Gasteiger partial charge in [0.2, 0.25) is 0 Å². The van der Waals surface area contributed by atoms with Crippen molar-refractivity contribution in [2.24, 2.45) is 5.92 Å². The predicted octanol–water partition coefficient (Wildman–Crippen LogP) is 3.78. The molecule has 23 heavy (non-hydrogen) atoms. The molecule has 3 N–H and O–H groups in total. The summed E-state index contributed by atoms with van der Waals surface area (Å²) in [7, 11) is 0. The van der Waals surface area contributed by atoms with Crippen LogP contribution >= 0.6 is 0 Å². The topological polar surface area (TPSA) is 95.9 Å². The van der Waals surface area contributed by atoms with Crippen LogP contribution in [-0.4, -0.2) is 28.9 Å². The number of rotatable bonds is 9. The van der Waals surface area contributed by atoms with Crippen molar-refractivity contribution in [3.63, 3.8) is 0 Å². The summed E-state index contributed by atoms with van der Waals surface area (Å²) in [6.07, 6.45) is 3.32. The van der Waals surface area contributed by atoms with E-state index in [1.807, 2.05) is 0 Å². The van der Waals surface area contributed by atoms with Crippen LogP contribution in [0.25, 0.3) is 0 Å². The van der Waals surface area contributed by atoms with E-state index in [9.17, 15) is 14.7 Å². The maximum absolute atomic E-state index is 11.8. The molecule has 1 aromatic carbocycles. The highest BCUT2D eigenvalue weighted by Crippen LogP contribution is 2.25. The quantitative estimate of drug-likeness (QED) is 0.601. The zero-order chi connectivity index (χ0) is 17.2. The number of nitrogens with one attached hydrogen (secondary N) is 1. The van der Waals surface area contributed by atoms with E-state index in [1.165, 1.54) is 18.2 Å². The molecule has 0 aromatic heterocycles. The van der Waals surface area contributed by atoms with Crippen LogP contribution in [0.5, 0.6) is 5.75 Å². The second-order valence-electron chi connectivity index (χ2n) is 5.56. The van der Waals surface area contributed by atoms with E-state index >= 15 is 0 Å². The average molecular weight is 323 g/mol. The van der Waals surface area contributed by atoms with Crippen LogP contribution in [0.4, 0.5) is 10.5 Å². The fourth-order valence-electron chi connectivity index (χ4n) is 2.21. The Hall–Kier alpha value is -2.24. The number of aromatic hydroxyl groups is 1. The molecule has 6 heteroatoms. The largest absolute Gasteiger partial charge is 0.506 e. The molecule has 1 aromatic rings. The molecule has 0 aliphatic rings. The van der Waals surface area contributed by atoms with Gasteiger partial charge in [-0.15, -0.1) is 0 Å². The molecule has 128 valence electrons. The first-order valence-electron chi connectivity index (χ1n) is 7.93. The van der Waals surface area contributed by atoms with Gasteiger partial charge in [0, 0.05) is 0 Å². The molecule has 0 saturated heterocycles. The maximum atomic E-state index is 11.8. The number of carbonyl (C=O) groups excluding carboxylic acids is 1. The molecule has 1 rings (SSSR count). The van der Waals surface area contributed by atoms with Crippen LogP contribution in [-0.2, 0) is 16.0 Å². The third kappa shape index (κ3) is 7.04. The number of anilines is 1. The lowest BCUT2D eigenvalue weighted by atomic mass is 10.0. The zero-order valence-corrected chi connectivity index (χ0v) is 13.7. The molecule has 1 amide bonds. The van der Waals surface area contributed by atoms with Crippen molar-refractivity contribution < 1.29 is 24.5 Å². The van der Waals surface area contributed by atoms with Crippen LogP contribution in [0.3, 0.4) is 0 Å². The maximum Gasteiger partial charge on any atom is 0.411 e. The monoisotopic (exact) mass is 323 g/mol. The fourth-order valence-corrected chi connectivity index (χ4v) is 2.21. The van der Waals surface area contributed by atoms with Crippen molar-refractivity contribution in [2.75, 3.05) is 11.9 Å². The van der Waals surface area contributed by atoms with Crippen molar-refractivity contribution in [2.45, 2.75) is 46.0 Å². The van der Waals surface area contributed by atoms with E-state index in [1.54, 1.807) is 0 Å². The summed E-state index contributed by atoms with van der Waals surface area (Å²) in [6, 6.07) is 4.28. The normalized spacial score (nSPS) is 11.7. The molecule has 0 radical (unpaired) electrons. The Morgan fingerprint density at radius 2 is 2.04 bits per heavy atom. The summed E-state index contributed by atoms with van der Waals surface area (Å²) in [6.45, 7) is 4.51. The molecule has 0 fully saturated rings. The molecule has 6 nitrogen and oxygen atoms in total. The Labute approximate surface area is 136 Å². The van der Waals surface area contributed by atoms with Crippen molar-refractivity contribution >= 4 is 17.7 Å². The highest BCUT2D eigenvalue weighted by atomic mass is 16.5. The standard InChI is InChI=1S/C17H25NO5/c1-3-5-6-12(4-2)11-23-17(22)18-14-9-13(10-16(20)21)7-8-15(14)19/h7-9,12,19H,3-6,10-11H2,1-2H3,(H,18,22)(H,20,21). The molecular formula is C17H25NO5. The van der Waals surface area contributed by atoms with Gasteiger partial charge in [0.25, 0.3) is 0 Å². The average Bonchev–Trinajstić information content (AvgIpc) is 2.50. The van der Waals surface area contributed by atoms with Crippen molar-refractivity contribution in [1.29, 1.82) is 0 Å². The Balaban J connectivity index is 2.57. The number of amides is 1. The molecule has 0 aliphatic heterocycles. The van der Waals surface area contributed by atoms with E-state index in [0.29, 0.717) is 18.1 Å². The van der Waals surface area contributed by atoms with Gasteiger partial charge < -0.3 is 14.9 Å². The summed E-state index contributed by atoms with van der Waals surface area (Å²) in [5.74, 6) is -0.785. The second-order valence-corrected chi connectivity index (χ2v) is 5.56. The van der Waals surface area contributed by atoms with E-state index in [4.69, 9.17) is 9.84 Å². The van der Waals surface area contributed by atoms with Crippen LogP contribution in [0.15, 0.2) is 18.2 Å². The number of aliphatic carboxylic acids is 1. The van der Waals surface area contributed by atoms with Crippen molar-refractivity contribution in [3.8, 4) is 5.75 Å². The number of phenolic OH excluding ortho intramolecular Hbond substituents is 1. The van der Waals surface area contributed by atoms with Gasteiger partial charge in [-0.1, -0.05) is 39.2 Å². The highest BCUT2D eigenvalue weighted by molar-refractivity contribution is 5.87. The Morgan fingerprint density at radius 3 is 2.65 bits per heavy atom. The molecule has 0 heterocycles. The van der Waals surface area contributed by atoms with Gasteiger partial charge >= 0.3 is 12.1 Å². The van der Waals surface area contributed by atoms with Gasteiger partial charge in [-0.2, -0.15) is 0 Å². The number of phenols is 1. The minimum absolute atomic E-state index is 0.130. The molecule has 0 bridgehead atoms.